The van der Waals surface area contributed by atoms with Gasteiger partial charge in [0.25, 0.3) is 0 Å². The van der Waals surface area contributed by atoms with Crippen LogP contribution in [0.4, 0.5) is 0 Å². The highest BCUT2D eigenvalue weighted by molar-refractivity contribution is 5.80. The third-order valence-electron chi connectivity index (χ3n) is 13.0. The molecule has 0 spiro atoms. The van der Waals surface area contributed by atoms with Gasteiger partial charge in [0, 0.05) is 0 Å². The molecular weight excluding hydrogens is 763 g/mol. The van der Waals surface area contributed by atoms with Gasteiger partial charge in [-0.3, -0.25) is 4.79 Å². The van der Waals surface area contributed by atoms with Crippen LogP contribution in [-0.2, 0) is 14.3 Å². The largest absolute Gasteiger partial charge is 0.394 e. The Kier molecular flexibility index (Phi) is 36.7. The van der Waals surface area contributed by atoms with Crippen LogP contribution >= 0.6 is 0 Å². The Balaban J connectivity index is 2.35. The molecule has 1 amide bonds. The number of rotatable bonds is 42. The summed E-state index contributed by atoms with van der Waals surface area (Å²) in [5.41, 5.74) is 0. The maximum atomic E-state index is 13.1. The molecule has 11 nitrogen and oxygen atoms in total. The highest BCUT2D eigenvalue weighted by Gasteiger charge is 2.44. The Hall–Kier alpha value is -0.890. The van der Waals surface area contributed by atoms with Gasteiger partial charge in [-0.15, -0.1) is 0 Å². The van der Waals surface area contributed by atoms with Crippen LogP contribution < -0.4 is 5.32 Å². The molecule has 1 saturated heterocycles. The fourth-order valence-electron chi connectivity index (χ4n) is 8.36. The molecule has 0 aromatic carbocycles. The van der Waals surface area contributed by atoms with E-state index >= 15 is 0 Å². The van der Waals surface area contributed by atoms with Gasteiger partial charge in [-0.05, 0) is 18.8 Å². The first-order valence-corrected chi connectivity index (χ1v) is 25.3. The number of nitrogens with one attached hydrogen (secondary N) is 1. The van der Waals surface area contributed by atoms with E-state index in [1.54, 1.807) is 0 Å². The average Bonchev–Trinajstić information content (AvgIpc) is 3.25. The lowest BCUT2D eigenvalue weighted by Gasteiger charge is -2.40. The first-order valence-electron chi connectivity index (χ1n) is 25.3. The minimum Gasteiger partial charge on any atom is -0.394 e. The van der Waals surface area contributed by atoms with Crippen molar-refractivity contribution in [3.05, 3.63) is 0 Å². The summed E-state index contributed by atoms with van der Waals surface area (Å²) in [5.74, 6) is 0.105. The Morgan fingerprint density at radius 3 is 1.38 bits per heavy atom. The number of ether oxygens (including phenoxy) is 2. The van der Waals surface area contributed by atoms with E-state index in [0.29, 0.717) is 19.3 Å². The van der Waals surface area contributed by atoms with E-state index in [1.807, 2.05) is 0 Å². The van der Waals surface area contributed by atoms with Crippen LogP contribution in [0, 0.1) is 5.92 Å². The molecule has 1 rings (SSSR count). The summed E-state index contributed by atoms with van der Waals surface area (Å²) in [6.07, 6.45) is 27.3. The second-order valence-electron chi connectivity index (χ2n) is 18.5. The van der Waals surface area contributed by atoms with Crippen molar-refractivity contribution in [2.45, 2.75) is 288 Å². The summed E-state index contributed by atoms with van der Waals surface area (Å²) < 4.78 is 11.1. The molecule has 0 aliphatic carbocycles. The fourth-order valence-corrected chi connectivity index (χ4v) is 8.36. The van der Waals surface area contributed by atoms with Gasteiger partial charge in [-0.1, -0.05) is 220 Å². The van der Waals surface area contributed by atoms with E-state index in [4.69, 9.17) is 9.47 Å². The van der Waals surface area contributed by atoms with Crippen molar-refractivity contribution in [2.75, 3.05) is 13.2 Å². The predicted octanol–water partition coefficient (Wildman–Crippen LogP) is 8.92. The third kappa shape index (κ3) is 28.0. The number of amides is 1. The zero-order valence-corrected chi connectivity index (χ0v) is 38.9. The van der Waals surface area contributed by atoms with Crippen LogP contribution in [0.3, 0.4) is 0 Å². The van der Waals surface area contributed by atoms with Crippen molar-refractivity contribution >= 4 is 5.91 Å². The number of hydrogen-bond acceptors (Lipinski definition) is 10. The van der Waals surface area contributed by atoms with Crippen LogP contribution in [0.25, 0.3) is 0 Å². The first-order chi connectivity index (χ1) is 29.1. The predicted molar refractivity (Wildman–Crippen MR) is 243 cm³/mol. The molecule has 1 fully saturated rings. The Morgan fingerprint density at radius 2 is 0.967 bits per heavy atom. The second kappa shape index (κ2) is 38.6. The minimum atomic E-state index is -1.66. The molecule has 0 saturated carbocycles. The molecule has 8 N–H and O–H groups in total. The lowest BCUT2D eigenvalue weighted by molar-refractivity contribution is -0.303. The number of aliphatic hydroxyl groups is 7. The van der Waals surface area contributed by atoms with Crippen molar-refractivity contribution < 1.29 is 50.0 Å². The molecule has 0 radical (unpaired) electrons. The Bertz CT molecular complexity index is 959. The molecule has 10 atom stereocenters. The first kappa shape index (κ1) is 57.1. The Morgan fingerprint density at radius 1 is 0.567 bits per heavy atom. The van der Waals surface area contributed by atoms with Gasteiger partial charge in [0.05, 0.1) is 25.4 Å². The summed E-state index contributed by atoms with van der Waals surface area (Å²) in [7, 11) is 0. The van der Waals surface area contributed by atoms with Crippen LogP contribution in [0.5, 0.6) is 0 Å². The molecule has 1 unspecified atom stereocenters. The number of carbonyl (C=O) groups is 1. The summed E-state index contributed by atoms with van der Waals surface area (Å²) in [4.78, 5) is 13.1. The van der Waals surface area contributed by atoms with Gasteiger partial charge in [-0.2, -0.15) is 0 Å². The topological polar surface area (TPSA) is 189 Å². The number of hydrogen-bond donors (Lipinski definition) is 8. The molecule has 11 heteroatoms. The van der Waals surface area contributed by atoms with Gasteiger partial charge in [0.15, 0.2) is 6.29 Å². The van der Waals surface area contributed by atoms with Gasteiger partial charge in [0.2, 0.25) is 5.91 Å². The van der Waals surface area contributed by atoms with Gasteiger partial charge >= 0.3 is 0 Å². The van der Waals surface area contributed by atoms with Crippen LogP contribution in [0.15, 0.2) is 0 Å². The summed E-state index contributed by atoms with van der Waals surface area (Å²) in [6, 6.07) is -1.16. The van der Waals surface area contributed by atoms with Crippen LogP contribution in [0.2, 0.25) is 0 Å². The van der Waals surface area contributed by atoms with E-state index in [1.165, 1.54) is 148 Å². The molecular formula is C49H97NO10. The standard InChI is InChI=1S/C49H97NO10/c1-4-6-7-8-9-10-11-12-13-14-15-16-17-18-19-20-21-22-27-30-33-36-42(53)48(58)50-40(38-59-49-47(57)46(56)45(55)43(37-51)60-49)44(54)41(52)35-32-29-26-24-23-25-28-31-34-39(3)5-2/h39-47,49,51-57H,4-38H2,1-3H3,(H,50,58)/t39?,40-,41+,42+,43+,44-,45+,46-,47+,49+/m0/s1. The van der Waals surface area contributed by atoms with E-state index in [-0.39, 0.29) is 6.42 Å². The van der Waals surface area contributed by atoms with E-state index in [9.17, 15) is 40.5 Å². The highest BCUT2D eigenvalue weighted by atomic mass is 16.7. The lowest BCUT2D eigenvalue weighted by Crippen LogP contribution is -2.60. The minimum absolute atomic E-state index is 0.266. The van der Waals surface area contributed by atoms with Crippen molar-refractivity contribution in [2.24, 2.45) is 5.92 Å². The number of unbranched alkanes of at least 4 members (excludes halogenated alkanes) is 27. The molecule has 0 bridgehead atoms. The number of aliphatic hydroxyl groups excluding tert-OH is 7. The van der Waals surface area contributed by atoms with Crippen molar-refractivity contribution in [3.8, 4) is 0 Å². The molecule has 358 valence electrons. The molecule has 0 aromatic rings. The lowest BCUT2D eigenvalue weighted by atomic mass is 9.98. The molecule has 0 aromatic heterocycles. The average molecular weight is 860 g/mol. The fraction of sp³-hybridized carbons (Fsp3) is 0.980. The summed E-state index contributed by atoms with van der Waals surface area (Å²) >= 11 is 0. The van der Waals surface area contributed by atoms with Crippen molar-refractivity contribution in [1.29, 1.82) is 0 Å². The molecule has 1 aliphatic heterocycles. The SMILES string of the molecule is CCCCCCCCCCCCCCCCCCCCCCC[C@@H](O)C(=O)N[C@@H](CO[C@@H]1O[C@H](CO)[C@@H](O)[C@H](O)[C@H]1O)[C@H](O)[C@H](O)CCCCCCCCCCC(C)CC. The van der Waals surface area contributed by atoms with Crippen LogP contribution in [0.1, 0.15) is 233 Å². The zero-order valence-electron chi connectivity index (χ0n) is 38.9. The Labute approximate surface area is 367 Å². The van der Waals surface area contributed by atoms with Crippen LogP contribution in [-0.4, -0.2) is 110 Å². The summed E-state index contributed by atoms with van der Waals surface area (Å²) in [5, 5.41) is 75.8. The molecule has 60 heavy (non-hydrogen) atoms. The van der Waals surface area contributed by atoms with E-state index in [0.717, 1.165) is 44.4 Å². The quantitative estimate of drug-likeness (QED) is 0.0275. The maximum absolute atomic E-state index is 13.1. The van der Waals surface area contributed by atoms with Crippen molar-refractivity contribution in [3.63, 3.8) is 0 Å². The third-order valence-corrected chi connectivity index (χ3v) is 13.0. The smallest absolute Gasteiger partial charge is 0.249 e. The molecule has 1 aliphatic rings. The normalized spacial score (nSPS) is 22.1. The maximum Gasteiger partial charge on any atom is 0.249 e. The van der Waals surface area contributed by atoms with Crippen molar-refractivity contribution in [1.82, 2.24) is 5.32 Å². The van der Waals surface area contributed by atoms with E-state index in [2.05, 4.69) is 26.1 Å². The molecule has 1 heterocycles. The highest BCUT2D eigenvalue weighted by Crippen LogP contribution is 2.23. The number of carbonyl (C=O) groups excluding carboxylic acids is 1. The summed E-state index contributed by atoms with van der Waals surface area (Å²) in [6.45, 7) is 5.77. The van der Waals surface area contributed by atoms with Gasteiger partial charge in [0.1, 0.15) is 36.6 Å². The van der Waals surface area contributed by atoms with Gasteiger partial charge in [-0.25, -0.2) is 0 Å². The zero-order chi connectivity index (χ0) is 44.2. The van der Waals surface area contributed by atoms with Gasteiger partial charge < -0.3 is 50.5 Å². The second-order valence-corrected chi connectivity index (χ2v) is 18.5. The van der Waals surface area contributed by atoms with E-state index < -0.39 is 74.2 Å². The monoisotopic (exact) mass is 860 g/mol.